The lowest BCUT2D eigenvalue weighted by Gasteiger charge is -2.02. The molecule has 0 saturated carbocycles. The van der Waals surface area contributed by atoms with Gasteiger partial charge < -0.3 is 10.5 Å². The minimum Gasteiger partial charge on any atom is -0.464 e. The van der Waals surface area contributed by atoms with E-state index < -0.39 is 0 Å². The molecule has 1 rings (SSSR count). The van der Waals surface area contributed by atoms with Crippen molar-refractivity contribution in [3.05, 3.63) is 35.9 Å². The van der Waals surface area contributed by atoms with E-state index in [9.17, 15) is 4.79 Å². The van der Waals surface area contributed by atoms with E-state index in [0.717, 1.165) is 12.0 Å². The molecule has 76 valence electrons. The second-order valence-electron chi connectivity index (χ2n) is 2.99. The van der Waals surface area contributed by atoms with Gasteiger partial charge in [0.25, 0.3) is 0 Å². The number of rotatable bonds is 5. The lowest BCUT2D eigenvalue weighted by atomic mass is 10.1. The molecule has 0 aliphatic rings. The van der Waals surface area contributed by atoms with Crippen molar-refractivity contribution >= 4 is 5.97 Å². The smallest absolute Gasteiger partial charge is 0.306 e. The average Bonchev–Trinajstić information content (AvgIpc) is 2.25. The number of aryl methyl sites for hydroxylation is 1. The monoisotopic (exact) mass is 193 g/mol. The first-order valence-corrected chi connectivity index (χ1v) is 4.72. The molecular weight excluding hydrogens is 178 g/mol. The van der Waals surface area contributed by atoms with Crippen molar-refractivity contribution in [3.63, 3.8) is 0 Å². The molecule has 0 aliphatic heterocycles. The van der Waals surface area contributed by atoms with Crippen LogP contribution in [0.25, 0.3) is 0 Å². The van der Waals surface area contributed by atoms with Gasteiger partial charge in [0.15, 0.2) is 0 Å². The van der Waals surface area contributed by atoms with E-state index in [2.05, 4.69) is 0 Å². The van der Waals surface area contributed by atoms with Gasteiger partial charge in [-0.15, -0.1) is 0 Å². The predicted octanol–water partition coefficient (Wildman–Crippen LogP) is 1.12. The van der Waals surface area contributed by atoms with Gasteiger partial charge in [0.1, 0.15) is 6.61 Å². The van der Waals surface area contributed by atoms with Gasteiger partial charge in [-0.1, -0.05) is 30.3 Å². The fourth-order valence-corrected chi connectivity index (χ4v) is 1.14. The summed E-state index contributed by atoms with van der Waals surface area (Å²) in [5, 5.41) is 0. The Labute approximate surface area is 83.9 Å². The number of ether oxygens (including phenoxy) is 1. The van der Waals surface area contributed by atoms with Crippen molar-refractivity contribution in [2.75, 3.05) is 13.2 Å². The molecule has 14 heavy (non-hydrogen) atoms. The molecule has 3 heteroatoms. The van der Waals surface area contributed by atoms with Crippen LogP contribution in [-0.4, -0.2) is 19.1 Å². The highest BCUT2D eigenvalue weighted by Crippen LogP contribution is 2.02. The first kappa shape index (κ1) is 10.7. The molecule has 0 saturated heterocycles. The molecule has 3 nitrogen and oxygen atoms in total. The number of esters is 1. The summed E-state index contributed by atoms with van der Waals surface area (Å²) >= 11 is 0. The molecule has 1 aromatic rings. The Morgan fingerprint density at radius 2 is 2.00 bits per heavy atom. The van der Waals surface area contributed by atoms with Gasteiger partial charge >= 0.3 is 5.97 Å². The maximum Gasteiger partial charge on any atom is 0.306 e. The molecule has 0 aliphatic carbocycles. The molecule has 0 heterocycles. The Hall–Kier alpha value is -1.35. The van der Waals surface area contributed by atoms with Crippen molar-refractivity contribution in [2.24, 2.45) is 5.73 Å². The standard InChI is InChI=1S/C11H15NO2/c12-8-9-14-11(13)7-6-10-4-2-1-3-5-10/h1-5H,6-9,12H2. The fourth-order valence-electron chi connectivity index (χ4n) is 1.14. The topological polar surface area (TPSA) is 52.3 Å². The van der Waals surface area contributed by atoms with Crippen LogP contribution in [0.4, 0.5) is 0 Å². The molecule has 0 bridgehead atoms. The molecule has 0 fully saturated rings. The summed E-state index contributed by atoms with van der Waals surface area (Å²) in [6, 6.07) is 9.86. The van der Waals surface area contributed by atoms with E-state index in [1.165, 1.54) is 0 Å². The Morgan fingerprint density at radius 1 is 1.29 bits per heavy atom. The summed E-state index contributed by atoms with van der Waals surface area (Å²) in [7, 11) is 0. The Kier molecular flexibility index (Phi) is 4.72. The van der Waals surface area contributed by atoms with Crippen molar-refractivity contribution in [3.8, 4) is 0 Å². The van der Waals surface area contributed by atoms with Gasteiger partial charge in [0.05, 0.1) is 0 Å². The van der Waals surface area contributed by atoms with Gasteiger partial charge in [-0.2, -0.15) is 0 Å². The zero-order valence-electron chi connectivity index (χ0n) is 8.11. The highest BCUT2D eigenvalue weighted by Gasteiger charge is 2.01. The summed E-state index contributed by atoms with van der Waals surface area (Å²) in [5.41, 5.74) is 6.36. The van der Waals surface area contributed by atoms with Crippen LogP contribution < -0.4 is 5.73 Å². The van der Waals surface area contributed by atoms with Crippen LogP contribution in [0.2, 0.25) is 0 Å². The first-order valence-electron chi connectivity index (χ1n) is 4.72. The molecule has 0 spiro atoms. The van der Waals surface area contributed by atoms with Gasteiger partial charge in [-0.25, -0.2) is 0 Å². The fraction of sp³-hybridized carbons (Fsp3) is 0.364. The molecule has 0 unspecified atom stereocenters. The minimum absolute atomic E-state index is 0.181. The molecule has 1 aromatic carbocycles. The zero-order chi connectivity index (χ0) is 10.2. The highest BCUT2D eigenvalue weighted by molar-refractivity contribution is 5.69. The van der Waals surface area contributed by atoms with Crippen LogP contribution in [0.3, 0.4) is 0 Å². The highest BCUT2D eigenvalue weighted by atomic mass is 16.5. The minimum atomic E-state index is -0.181. The largest absolute Gasteiger partial charge is 0.464 e. The molecule has 2 N–H and O–H groups in total. The van der Waals surface area contributed by atoms with E-state index in [1.807, 2.05) is 30.3 Å². The van der Waals surface area contributed by atoms with E-state index in [0.29, 0.717) is 19.6 Å². The Balaban J connectivity index is 2.24. The van der Waals surface area contributed by atoms with Gasteiger partial charge in [-0.05, 0) is 12.0 Å². The van der Waals surface area contributed by atoms with Crippen molar-refractivity contribution in [1.29, 1.82) is 0 Å². The van der Waals surface area contributed by atoms with Crippen molar-refractivity contribution < 1.29 is 9.53 Å². The quantitative estimate of drug-likeness (QED) is 0.713. The molecular formula is C11H15NO2. The zero-order valence-corrected chi connectivity index (χ0v) is 8.11. The average molecular weight is 193 g/mol. The van der Waals surface area contributed by atoms with Crippen LogP contribution in [-0.2, 0) is 16.0 Å². The molecule has 0 radical (unpaired) electrons. The van der Waals surface area contributed by atoms with Gasteiger partial charge in [0.2, 0.25) is 0 Å². The summed E-state index contributed by atoms with van der Waals surface area (Å²) in [4.78, 5) is 11.1. The van der Waals surface area contributed by atoms with E-state index in [1.54, 1.807) is 0 Å². The molecule has 0 amide bonds. The number of hydrogen-bond donors (Lipinski definition) is 1. The van der Waals surface area contributed by atoms with Crippen LogP contribution >= 0.6 is 0 Å². The Bertz CT molecular complexity index is 272. The van der Waals surface area contributed by atoms with E-state index in [4.69, 9.17) is 10.5 Å². The van der Waals surface area contributed by atoms with Crippen LogP contribution in [0.15, 0.2) is 30.3 Å². The van der Waals surface area contributed by atoms with Crippen molar-refractivity contribution in [2.45, 2.75) is 12.8 Å². The maximum absolute atomic E-state index is 11.1. The maximum atomic E-state index is 11.1. The lowest BCUT2D eigenvalue weighted by molar-refractivity contribution is -0.143. The lowest BCUT2D eigenvalue weighted by Crippen LogP contribution is -2.13. The van der Waals surface area contributed by atoms with E-state index in [-0.39, 0.29) is 5.97 Å². The van der Waals surface area contributed by atoms with Crippen LogP contribution in [0.1, 0.15) is 12.0 Å². The number of hydrogen-bond acceptors (Lipinski definition) is 3. The summed E-state index contributed by atoms with van der Waals surface area (Å²) < 4.78 is 4.85. The number of carbonyl (C=O) groups excluding carboxylic acids is 1. The summed E-state index contributed by atoms with van der Waals surface area (Å²) in [6.45, 7) is 0.699. The normalized spacial score (nSPS) is 9.79. The molecule has 0 atom stereocenters. The van der Waals surface area contributed by atoms with Gasteiger partial charge in [0, 0.05) is 13.0 Å². The second kappa shape index (κ2) is 6.16. The first-order chi connectivity index (χ1) is 6.83. The number of nitrogens with two attached hydrogens (primary N) is 1. The van der Waals surface area contributed by atoms with Crippen LogP contribution in [0, 0.1) is 0 Å². The van der Waals surface area contributed by atoms with Crippen molar-refractivity contribution in [1.82, 2.24) is 0 Å². The third-order valence-electron chi connectivity index (χ3n) is 1.84. The van der Waals surface area contributed by atoms with Crippen LogP contribution in [0.5, 0.6) is 0 Å². The van der Waals surface area contributed by atoms with Gasteiger partial charge in [-0.3, -0.25) is 4.79 Å². The summed E-state index contributed by atoms with van der Waals surface area (Å²) in [6.07, 6.45) is 1.15. The second-order valence-corrected chi connectivity index (χ2v) is 2.99. The summed E-state index contributed by atoms with van der Waals surface area (Å²) in [5.74, 6) is -0.181. The third kappa shape index (κ3) is 4.05. The number of benzene rings is 1. The number of carbonyl (C=O) groups is 1. The predicted molar refractivity (Wildman–Crippen MR) is 54.8 cm³/mol. The van der Waals surface area contributed by atoms with E-state index >= 15 is 0 Å². The Morgan fingerprint density at radius 3 is 2.64 bits per heavy atom. The molecule has 0 aromatic heterocycles. The SMILES string of the molecule is NCCOC(=O)CCc1ccccc1. The third-order valence-corrected chi connectivity index (χ3v) is 1.84.